The number of aromatic nitrogens is 3. The average molecular weight is 362 g/mol. The molecule has 2 aromatic heterocycles. The van der Waals surface area contributed by atoms with E-state index in [4.69, 9.17) is 0 Å². The van der Waals surface area contributed by atoms with E-state index >= 15 is 0 Å². The minimum atomic E-state index is -0.116. The zero-order chi connectivity index (χ0) is 17.9. The highest BCUT2D eigenvalue weighted by molar-refractivity contribution is 7.09. The monoisotopic (exact) mass is 361 g/mol. The van der Waals surface area contributed by atoms with Gasteiger partial charge in [-0.2, -0.15) is 5.10 Å². The first-order valence-electron chi connectivity index (χ1n) is 8.92. The summed E-state index contributed by atoms with van der Waals surface area (Å²) >= 11 is 1.66. The smallest absolute Gasteiger partial charge is 0.271 e. The van der Waals surface area contributed by atoms with Gasteiger partial charge >= 0.3 is 0 Å². The Morgan fingerprint density at radius 1 is 1.48 bits per heavy atom. The van der Waals surface area contributed by atoms with Gasteiger partial charge in [-0.1, -0.05) is 20.8 Å². The molecule has 0 aliphatic carbocycles. The summed E-state index contributed by atoms with van der Waals surface area (Å²) in [5.74, 6) is -0.116. The summed E-state index contributed by atoms with van der Waals surface area (Å²) in [6, 6.07) is 2.15. The van der Waals surface area contributed by atoms with E-state index < -0.39 is 0 Å². The van der Waals surface area contributed by atoms with E-state index in [9.17, 15) is 4.79 Å². The summed E-state index contributed by atoms with van der Waals surface area (Å²) in [6.45, 7) is 9.04. The van der Waals surface area contributed by atoms with Gasteiger partial charge in [0.15, 0.2) is 0 Å². The van der Waals surface area contributed by atoms with E-state index in [2.05, 4.69) is 46.9 Å². The van der Waals surface area contributed by atoms with Crippen LogP contribution in [-0.4, -0.2) is 40.3 Å². The lowest BCUT2D eigenvalue weighted by atomic mass is 9.93. The van der Waals surface area contributed by atoms with Crippen molar-refractivity contribution in [3.05, 3.63) is 34.0 Å². The van der Waals surface area contributed by atoms with Crippen molar-refractivity contribution in [1.29, 1.82) is 0 Å². The number of carbonyl (C=O) groups excluding carboxylic acids is 1. The van der Waals surface area contributed by atoms with E-state index in [1.54, 1.807) is 17.4 Å². The van der Waals surface area contributed by atoms with Crippen molar-refractivity contribution < 1.29 is 4.79 Å². The number of thiazole rings is 1. The Labute approximate surface area is 153 Å². The molecule has 1 aliphatic heterocycles. The zero-order valence-electron chi connectivity index (χ0n) is 15.2. The van der Waals surface area contributed by atoms with Gasteiger partial charge in [0.2, 0.25) is 0 Å². The molecule has 7 heteroatoms. The van der Waals surface area contributed by atoms with Crippen LogP contribution in [0.4, 0.5) is 0 Å². The molecule has 136 valence electrons. The van der Waals surface area contributed by atoms with Gasteiger partial charge in [0.1, 0.15) is 5.69 Å². The SMILES string of the molecule is CC(C)(C)c1csc(CCNC(=O)c2ccn(C3CCCNC3)n2)n1. The summed E-state index contributed by atoms with van der Waals surface area (Å²) < 4.78 is 1.91. The van der Waals surface area contributed by atoms with Crippen molar-refractivity contribution in [3.63, 3.8) is 0 Å². The van der Waals surface area contributed by atoms with Gasteiger partial charge in [-0.05, 0) is 25.5 Å². The lowest BCUT2D eigenvalue weighted by Gasteiger charge is -2.22. The Hall–Kier alpha value is -1.73. The molecular formula is C18H27N5OS. The molecule has 1 aliphatic rings. The molecule has 1 atom stereocenters. The minimum absolute atomic E-state index is 0.0683. The fourth-order valence-electron chi connectivity index (χ4n) is 2.87. The van der Waals surface area contributed by atoms with Gasteiger partial charge in [0.05, 0.1) is 16.7 Å². The van der Waals surface area contributed by atoms with Crippen LogP contribution in [0.5, 0.6) is 0 Å². The summed E-state index contributed by atoms with van der Waals surface area (Å²) in [6.07, 6.45) is 4.91. The highest BCUT2D eigenvalue weighted by Gasteiger charge is 2.19. The Bertz CT molecular complexity index is 709. The van der Waals surface area contributed by atoms with E-state index in [0.717, 1.165) is 43.1 Å². The maximum absolute atomic E-state index is 12.3. The highest BCUT2D eigenvalue weighted by Crippen LogP contribution is 2.24. The lowest BCUT2D eigenvalue weighted by Crippen LogP contribution is -2.32. The topological polar surface area (TPSA) is 71.8 Å². The van der Waals surface area contributed by atoms with Gasteiger partial charge in [-0.15, -0.1) is 11.3 Å². The van der Waals surface area contributed by atoms with E-state index in [1.165, 1.54) is 0 Å². The third-order valence-electron chi connectivity index (χ3n) is 4.43. The quantitative estimate of drug-likeness (QED) is 0.858. The summed E-state index contributed by atoms with van der Waals surface area (Å²) in [5, 5.41) is 13.9. The third-order valence-corrected chi connectivity index (χ3v) is 5.34. The van der Waals surface area contributed by atoms with Crippen LogP contribution in [0.1, 0.15) is 60.8 Å². The molecule has 2 N–H and O–H groups in total. The predicted molar refractivity (Wildman–Crippen MR) is 100 cm³/mol. The summed E-state index contributed by atoms with van der Waals surface area (Å²) in [4.78, 5) is 16.9. The molecule has 1 unspecified atom stereocenters. The fraction of sp³-hybridized carbons (Fsp3) is 0.611. The summed E-state index contributed by atoms with van der Waals surface area (Å²) in [5.41, 5.74) is 1.66. The van der Waals surface area contributed by atoms with Crippen LogP contribution in [0.15, 0.2) is 17.6 Å². The molecule has 2 aromatic rings. The van der Waals surface area contributed by atoms with Gasteiger partial charge in [0, 0.05) is 36.5 Å². The standard InChI is InChI=1S/C18H27N5OS/c1-18(2,3)15-12-25-16(21-15)6-9-20-17(24)14-7-10-23(22-14)13-5-4-8-19-11-13/h7,10,12-13,19H,4-6,8-9,11H2,1-3H3,(H,20,24). The molecule has 1 saturated heterocycles. The predicted octanol–water partition coefficient (Wildman–Crippen LogP) is 2.53. The van der Waals surface area contributed by atoms with E-state index in [0.29, 0.717) is 18.3 Å². The van der Waals surface area contributed by atoms with Gasteiger partial charge < -0.3 is 10.6 Å². The number of carbonyl (C=O) groups is 1. The van der Waals surface area contributed by atoms with Crippen LogP contribution >= 0.6 is 11.3 Å². The largest absolute Gasteiger partial charge is 0.350 e. The first kappa shape index (κ1) is 18.1. The molecule has 6 nitrogen and oxygen atoms in total. The molecule has 1 amide bonds. The zero-order valence-corrected chi connectivity index (χ0v) is 16.0. The van der Waals surface area contributed by atoms with Crippen molar-refractivity contribution in [3.8, 4) is 0 Å². The van der Waals surface area contributed by atoms with Crippen molar-refractivity contribution in [2.75, 3.05) is 19.6 Å². The van der Waals surface area contributed by atoms with Crippen LogP contribution in [0.3, 0.4) is 0 Å². The van der Waals surface area contributed by atoms with Gasteiger partial charge in [-0.3, -0.25) is 9.48 Å². The first-order chi connectivity index (χ1) is 11.9. The molecule has 0 radical (unpaired) electrons. The molecule has 0 saturated carbocycles. The Morgan fingerprint density at radius 3 is 3.00 bits per heavy atom. The fourth-order valence-corrected chi connectivity index (χ4v) is 3.89. The van der Waals surface area contributed by atoms with Gasteiger partial charge in [-0.25, -0.2) is 4.98 Å². The maximum Gasteiger partial charge on any atom is 0.271 e. The van der Waals surface area contributed by atoms with Crippen molar-refractivity contribution in [2.45, 2.75) is 51.5 Å². The molecule has 25 heavy (non-hydrogen) atoms. The van der Waals surface area contributed by atoms with Crippen molar-refractivity contribution in [2.24, 2.45) is 0 Å². The first-order valence-corrected chi connectivity index (χ1v) is 9.80. The number of amides is 1. The normalized spacial score (nSPS) is 18.3. The average Bonchev–Trinajstić information content (AvgIpc) is 3.25. The Kier molecular flexibility index (Phi) is 5.54. The third kappa shape index (κ3) is 4.67. The molecule has 0 spiro atoms. The van der Waals surface area contributed by atoms with E-state index in [-0.39, 0.29) is 11.3 Å². The molecule has 1 fully saturated rings. The highest BCUT2D eigenvalue weighted by atomic mass is 32.1. The minimum Gasteiger partial charge on any atom is -0.350 e. The second-order valence-corrected chi connectivity index (χ2v) is 8.51. The van der Waals surface area contributed by atoms with E-state index in [1.807, 2.05) is 10.9 Å². The van der Waals surface area contributed by atoms with Crippen LogP contribution < -0.4 is 10.6 Å². The van der Waals surface area contributed by atoms with Crippen LogP contribution in [0.25, 0.3) is 0 Å². The van der Waals surface area contributed by atoms with Crippen LogP contribution in [-0.2, 0) is 11.8 Å². The molecule has 3 heterocycles. The molecule has 3 rings (SSSR count). The second kappa shape index (κ2) is 7.66. The number of nitrogens with one attached hydrogen (secondary N) is 2. The maximum atomic E-state index is 12.3. The number of piperidine rings is 1. The second-order valence-electron chi connectivity index (χ2n) is 7.56. The lowest BCUT2D eigenvalue weighted by molar-refractivity contribution is 0.0947. The van der Waals surface area contributed by atoms with Gasteiger partial charge in [0.25, 0.3) is 5.91 Å². The number of hydrogen-bond donors (Lipinski definition) is 2. The number of rotatable bonds is 5. The number of nitrogens with zero attached hydrogens (tertiary/aromatic N) is 3. The molecule has 0 aromatic carbocycles. The Morgan fingerprint density at radius 2 is 2.32 bits per heavy atom. The van der Waals surface area contributed by atoms with Crippen LogP contribution in [0.2, 0.25) is 0 Å². The Balaban J connectivity index is 1.49. The number of hydrogen-bond acceptors (Lipinski definition) is 5. The summed E-state index contributed by atoms with van der Waals surface area (Å²) in [7, 11) is 0. The molecular weight excluding hydrogens is 334 g/mol. The molecule has 0 bridgehead atoms. The van der Waals surface area contributed by atoms with Crippen molar-refractivity contribution in [1.82, 2.24) is 25.4 Å². The van der Waals surface area contributed by atoms with Crippen LogP contribution in [0, 0.1) is 0 Å². The van der Waals surface area contributed by atoms with Crippen molar-refractivity contribution >= 4 is 17.2 Å².